The van der Waals surface area contributed by atoms with Gasteiger partial charge in [-0.05, 0) is 50.5 Å². The van der Waals surface area contributed by atoms with Crippen molar-refractivity contribution >= 4 is 22.0 Å². The van der Waals surface area contributed by atoms with Gasteiger partial charge < -0.3 is 4.90 Å². The molecule has 1 aliphatic heterocycles. The summed E-state index contributed by atoms with van der Waals surface area (Å²) in [7, 11) is -3.74. The van der Waals surface area contributed by atoms with E-state index in [4.69, 9.17) is 0 Å². The highest BCUT2D eigenvalue weighted by atomic mass is 32.2. The molecule has 2 atom stereocenters. The summed E-state index contributed by atoms with van der Waals surface area (Å²) in [6.07, 6.45) is 8.46. The Morgan fingerprint density at radius 2 is 1.73 bits per heavy atom. The lowest BCUT2D eigenvalue weighted by Gasteiger charge is -2.30. The molecule has 8 nitrogen and oxygen atoms in total. The van der Waals surface area contributed by atoms with Crippen LogP contribution in [0.25, 0.3) is 0 Å². The molecular weight excluding hydrogens is 442 g/mol. The molecule has 1 aromatic carbocycles. The number of amides is 3. The van der Waals surface area contributed by atoms with Crippen molar-refractivity contribution in [2.45, 2.75) is 70.0 Å². The molecule has 1 saturated heterocycles. The van der Waals surface area contributed by atoms with Gasteiger partial charge in [0.05, 0.1) is 11.2 Å². The van der Waals surface area contributed by atoms with Crippen LogP contribution < -0.4 is 4.72 Å². The summed E-state index contributed by atoms with van der Waals surface area (Å²) in [6, 6.07) is 8.17. The number of benzene rings is 1. The van der Waals surface area contributed by atoms with Gasteiger partial charge in [0.1, 0.15) is 0 Å². The first-order valence-corrected chi connectivity index (χ1v) is 13.7. The van der Waals surface area contributed by atoms with E-state index in [1.54, 1.807) is 31.2 Å². The number of urea groups is 1. The fourth-order valence-corrected chi connectivity index (χ4v) is 5.98. The molecule has 0 radical (unpaired) electrons. The van der Waals surface area contributed by atoms with Crippen molar-refractivity contribution < 1.29 is 23.2 Å². The predicted molar refractivity (Wildman–Crippen MR) is 126 cm³/mol. The minimum Gasteiger partial charge on any atom is -0.322 e. The average Bonchev–Trinajstić information content (AvgIpc) is 3.37. The number of hydrogen-bond acceptors (Lipinski definition) is 5. The molecule has 1 aliphatic carbocycles. The number of hydrogen-bond donors (Lipinski definition) is 2. The van der Waals surface area contributed by atoms with E-state index in [2.05, 4.69) is 4.72 Å². The van der Waals surface area contributed by atoms with E-state index in [1.807, 2.05) is 6.07 Å². The second-order valence-corrected chi connectivity index (χ2v) is 11.4. The van der Waals surface area contributed by atoms with Crippen molar-refractivity contribution in [3.63, 3.8) is 0 Å². The van der Waals surface area contributed by atoms with Crippen LogP contribution in [0.4, 0.5) is 4.79 Å². The summed E-state index contributed by atoms with van der Waals surface area (Å²) in [5.41, 5.74) is 0.655. The summed E-state index contributed by atoms with van der Waals surface area (Å²) in [5.74, 6) is -1.04. The van der Waals surface area contributed by atoms with E-state index in [9.17, 15) is 23.2 Å². The number of nitrogens with zero attached hydrogens (tertiary/aromatic N) is 2. The van der Waals surface area contributed by atoms with Crippen molar-refractivity contribution in [1.29, 1.82) is 0 Å². The van der Waals surface area contributed by atoms with Gasteiger partial charge in [-0.1, -0.05) is 56.0 Å². The third kappa shape index (κ3) is 7.01. The molecule has 1 saturated carbocycles. The Kier molecular flexibility index (Phi) is 9.28. The Morgan fingerprint density at radius 1 is 1.09 bits per heavy atom. The Bertz CT molecular complexity index is 881. The van der Waals surface area contributed by atoms with Crippen molar-refractivity contribution in [1.82, 2.24) is 14.7 Å². The zero-order valence-corrected chi connectivity index (χ0v) is 20.3. The Morgan fingerprint density at radius 3 is 2.36 bits per heavy atom. The van der Waals surface area contributed by atoms with Crippen LogP contribution in [0.1, 0.15) is 75.5 Å². The van der Waals surface area contributed by atoms with Crippen LogP contribution in [-0.2, 0) is 14.8 Å². The van der Waals surface area contributed by atoms with E-state index in [-0.39, 0.29) is 11.6 Å². The zero-order valence-electron chi connectivity index (χ0n) is 19.5. The number of sulfonamides is 1. The highest BCUT2D eigenvalue weighted by Crippen LogP contribution is 2.30. The molecule has 0 spiro atoms. The van der Waals surface area contributed by atoms with Crippen molar-refractivity contribution in [3.05, 3.63) is 35.9 Å². The van der Waals surface area contributed by atoms with Gasteiger partial charge >= 0.3 is 6.03 Å². The van der Waals surface area contributed by atoms with E-state index < -0.39 is 33.1 Å². The van der Waals surface area contributed by atoms with Crippen LogP contribution in [0.15, 0.2) is 30.3 Å². The molecule has 2 aliphatic rings. The van der Waals surface area contributed by atoms with Crippen molar-refractivity contribution in [2.24, 2.45) is 11.8 Å². The molecule has 0 bridgehead atoms. The van der Waals surface area contributed by atoms with Crippen LogP contribution in [0.3, 0.4) is 0 Å². The van der Waals surface area contributed by atoms with Gasteiger partial charge in [-0.25, -0.2) is 17.9 Å². The van der Waals surface area contributed by atoms with Crippen molar-refractivity contribution in [2.75, 3.05) is 19.6 Å². The van der Waals surface area contributed by atoms with Crippen LogP contribution in [0.2, 0.25) is 0 Å². The quantitative estimate of drug-likeness (QED) is 0.410. The lowest BCUT2D eigenvalue weighted by atomic mass is 9.94. The summed E-state index contributed by atoms with van der Waals surface area (Å²) >= 11 is 0. The first kappa shape index (κ1) is 25.6. The average molecular weight is 480 g/mol. The molecule has 2 N–H and O–H groups in total. The van der Waals surface area contributed by atoms with E-state index in [1.165, 1.54) is 17.7 Å². The standard InChI is InChI=1S/C24H37N3O5S/c1-19(21-12-4-2-5-13-21)33(31,32)25-18-22(15-14-20-10-6-7-11-20)23(28)27(30)24(29)26-16-8-3-9-17-26/h2,4-5,12-13,19-20,22,25,30H,3,6-11,14-18H2,1H3/t19?,22-/m0/s1. The highest BCUT2D eigenvalue weighted by molar-refractivity contribution is 7.89. The van der Waals surface area contributed by atoms with E-state index in [0.717, 1.165) is 38.5 Å². The van der Waals surface area contributed by atoms with Crippen LogP contribution >= 0.6 is 0 Å². The van der Waals surface area contributed by atoms with Gasteiger partial charge in [0.2, 0.25) is 10.0 Å². The molecule has 2 fully saturated rings. The zero-order chi connectivity index (χ0) is 23.8. The third-order valence-corrected chi connectivity index (χ3v) is 8.80. The predicted octanol–water partition coefficient (Wildman–Crippen LogP) is 4.08. The summed E-state index contributed by atoms with van der Waals surface area (Å²) in [4.78, 5) is 27.2. The van der Waals surface area contributed by atoms with Gasteiger partial charge in [0.15, 0.2) is 0 Å². The first-order chi connectivity index (χ1) is 15.8. The third-order valence-electron chi connectivity index (χ3n) is 7.03. The summed E-state index contributed by atoms with van der Waals surface area (Å²) in [5, 5.41) is 9.85. The number of rotatable bonds is 9. The second-order valence-electron chi connectivity index (χ2n) is 9.35. The number of carbonyl (C=O) groups is 2. The Balaban J connectivity index is 1.67. The van der Waals surface area contributed by atoms with Gasteiger partial charge in [-0.15, -0.1) is 5.06 Å². The Hall–Kier alpha value is -1.97. The molecule has 9 heteroatoms. The van der Waals surface area contributed by atoms with Gasteiger partial charge in [-0.2, -0.15) is 0 Å². The van der Waals surface area contributed by atoms with Crippen LogP contribution in [-0.4, -0.2) is 55.2 Å². The monoisotopic (exact) mass is 479 g/mol. The number of nitrogens with one attached hydrogen (secondary N) is 1. The number of imide groups is 1. The molecule has 0 aromatic heterocycles. The minimum absolute atomic E-state index is 0.143. The Labute approximate surface area is 197 Å². The number of carbonyl (C=O) groups excluding carboxylic acids is 2. The van der Waals surface area contributed by atoms with Crippen molar-refractivity contribution in [3.8, 4) is 0 Å². The van der Waals surface area contributed by atoms with E-state index in [0.29, 0.717) is 31.0 Å². The maximum absolute atomic E-state index is 13.1. The lowest BCUT2D eigenvalue weighted by molar-refractivity contribution is -0.159. The van der Waals surface area contributed by atoms with Crippen LogP contribution in [0.5, 0.6) is 0 Å². The first-order valence-electron chi connectivity index (χ1n) is 12.1. The molecule has 1 heterocycles. The van der Waals surface area contributed by atoms with Crippen LogP contribution in [0, 0.1) is 11.8 Å². The molecule has 1 unspecified atom stereocenters. The SMILES string of the molecule is CC(c1ccccc1)S(=O)(=O)NC[C@H](CCC1CCCC1)C(=O)N(O)C(=O)N1CCCCC1. The maximum Gasteiger partial charge on any atom is 0.351 e. The highest BCUT2D eigenvalue weighted by Gasteiger charge is 2.33. The number of hydroxylamine groups is 2. The fraction of sp³-hybridized carbons (Fsp3) is 0.667. The normalized spacial score (nSPS) is 19.3. The van der Waals surface area contributed by atoms with E-state index >= 15 is 0 Å². The number of likely N-dealkylation sites (tertiary alicyclic amines) is 1. The molecule has 33 heavy (non-hydrogen) atoms. The lowest BCUT2D eigenvalue weighted by Crippen LogP contribution is -2.49. The second kappa shape index (κ2) is 11.9. The van der Waals surface area contributed by atoms with Gasteiger partial charge in [0.25, 0.3) is 5.91 Å². The minimum atomic E-state index is -3.74. The van der Waals surface area contributed by atoms with Gasteiger partial charge in [-0.3, -0.25) is 10.0 Å². The smallest absolute Gasteiger partial charge is 0.322 e. The summed E-state index contributed by atoms with van der Waals surface area (Å²) < 4.78 is 28.4. The number of piperidine rings is 1. The van der Waals surface area contributed by atoms with Gasteiger partial charge in [0, 0.05) is 19.6 Å². The fourth-order valence-electron chi connectivity index (χ4n) is 4.78. The largest absolute Gasteiger partial charge is 0.351 e. The molecule has 184 valence electrons. The summed E-state index contributed by atoms with van der Waals surface area (Å²) in [6.45, 7) is 2.48. The molecule has 3 rings (SSSR count). The molecule has 3 amide bonds. The molecular formula is C24H37N3O5S. The topological polar surface area (TPSA) is 107 Å². The molecule has 1 aromatic rings. The maximum atomic E-state index is 13.1.